The van der Waals surface area contributed by atoms with Gasteiger partial charge in [-0.1, -0.05) is 42.2 Å². The third-order valence-corrected chi connectivity index (χ3v) is 7.57. The van der Waals surface area contributed by atoms with Crippen LogP contribution in [-0.2, 0) is 5.75 Å². The highest BCUT2D eigenvalue weighted by Crippen LogP contribution is 2.38. The number of methoxy groups -OCH3 is 2. The van der Waals surface area contributed by atoms with E-state index in [2.05, 4.69) is 24.9 Å². The van der Waals surface area contributed by atoms with Gasteiger partial charge in [-0.25, -0.2) is 0 Å². The van der Waals surface area contributed by atoms with E-state index in [-0.39, 0.29) is 0 Å². The lowest BCUT2D eigenvalue weighted by atomic mass is 9.95. The Hall–Kier alpha value is -2.85. The van der Waals surface area contributed by atoms with Crippen molar-refractivity contribution in [1.29, 1.82) is 0 Å². The molecule has 0 atom stereocenters. The zero-order valence-electron chi connectivity index (χ0n) is 18.6. The van der Waals surface area contributed by atoms with E-state index >= 15 is 0 Å². The lowest BCUT2D eigenvalue weighted by Crippen LogP contribution is -2.15. The second-order valence-electron chi connectivity index (χ2n) is 7.82. The highest BCUT2D eigenvalue weighted by atomic mass is 32.2. The summed E-state index contributed by atoms with van der Waals surface area (Å²) in [6.07, 6.45) is 5.95. The molecule has 8 nitrogen and oxygen atoms in total. The lowest BCUT2D eigenvalue weighted by Gasteiger charge is -2.25. The summed E-state index contributed by atoms with van der Waals surface area (Å²) in [6.45, 7) is 0. The molecule has 4 aromatic rings. The van der Waals surface area contributed by atoms with Crippen molar-refractivity contribution >= 4 is 23.1 Å². The molecule has 1 saturated carbocycles. The Morgan fingerprint density at radius 1 is 1.09 bits per heavy atom. The molecule has 1 fully saturated rings. The van der Waals surface area contributed by atoms with E-state index in [9.17, 15) is 0 Å². The average molecular weight is 484 g/mol. The van der Waals surface area contributed by atoms with E-state index in [1.165, 1.54) is 19.3 Å². The second kappa shape index (κ2) is 9.96. The van der Waals surface area contributed by atoms with Crippen LogP contribution in [0.2, 0.25) is 0 Å². The number of benzene rings is 1. The maximum absolute atomic E-state index is 5.51. The van der Waals surface area contributed by atoms with Crippen LogP contribution in [-0.4, -0.2) is 39.1 Å². The van der Waals surface area contributed by atoms with Gasteiger partial charge in [0.05, 0.1) is 24.8 Å². The van der Waals surface area contributed by atoms with Crippen LogP contribution in [0.1, 0.15) is 44.0 Å². The average Bonchev–Trinajstić information content (AvgIpc) is 3.63. The van der Waals surface area contributed by atoms with Crippen LogP contribution in [0.5, 0.6) is 11.5 Å². The number of nitrogens with zero attached hydrogens (tertiary/aromatic N) is 5. The molecule has 33 heavy (non-hydrogen) atoms. The van der Waals surface area contributed by atoms with Crippen LogP contribution in [0.3, 0.4) is 0 Å². The minimum Gasteiger partial charge on any atom is -0.493 e. The quantitative estimate of drug-likeness (QED) is 0.288. The van der Waals surface area contributed by atoms with E-state index in [4.69, 9.17) is 14.0 Å². The van der Waals surface area contributed by atoms with Crippen molar-refractivity contribution in [3.05, 3.63) is 41.6 Å². The molecule has 0 N–H and O–H groups in total. The molecule has 0 unspecified atom stereocenters. The van der Waals surface area contributed by atoms with Crippen LogP contribution in [0, 0.1) is 0 Å². The fourth-order valence-electron chi connectivity index (χ4n) is 4.16. The maximum atomic E-state index is 5.51. The van der Waals surface area contributed by atoms with Crippen LogP contribution in [0.4, 0.5) is 0 Å². The molecule has 0 saturated heterocycles. The molecule has 1 aliphatic rings. The second-order valence-corrected chi connectivity index (χ2v) is 9.71. The normalized spacial score (nSPS) is 14.5. The molecule has 172 valence electrons. The van der Waals surface area contributed by atoms with E-state index < -0.39 is 0 Å². The minimum atomic E-state index is 0.365. The Balaban J connectivity index is 1.43. The molecular formula is C23H25N5O3S2. The molecule has 5 rings (SSSR count). The third-order valence-electron chi connectivity index (χ3n) is 5.78. The highest BCUT2D eigenvalue weighted by molar-refractivity contribution is 7.98. The van der Waals surface area contributed by atoms with Crippen molar-refractivity contribution in [2.75, 3.05) is 14.2 Å². The lowest BCUT2D eigenvalue weighted by molar-refractivity contribution is 0.338. The van der Waals surface area contributed by atoms with Crippen molar-refractivity contribution in [3.8, 4) is 33.6 Å². The van der Waals surface area contributed by atoms with Gasteiger partial charge < -0.3 is 14.0 Å². The SMILES string of the molecule is COc1ccc(-c2nnc(SCc3nc(-c4cccs4)no3)n2C2CCCCC2)cc1OC. The van der Waals surface area contributed by atoms with Crippen LogP contribution in [0.15, 0.2) is 45.4 Å². The van der Waals surface area contributed by atoms with E-state index in [0.717, 1.165) is 34.3 Å². The Morgan fingerprint density at radius 3 is 2.70 bits per heavy atom. The van der Waals surface area contributed by atoms with Gasteiger partial charge in [0, 0.05) is 11.6 Å². The Morgan fingerprint density at radius 2 is 1.94 bits per heavy atom. The topological polar surface area (TPSA) is 88.1 Å². The molecule has 0 amide bonds. The van der Waals surface area contributed by atoms with Crippen LogP contribution < -0.4 is 9.47 Å². The Labute approximate surface area is 200 Å². The summed E-state index contributed by atoms with van der Waals surface area (Å²) in [7, 11) is 3.28. The first-order valence-corrected chi connectivity index (χ1v) is 12.8. The van der Waals surface area contributed by atoms with Gasteiger partial charge in [-0.2, -0.15) is 4.98 Å². The largest absolute Gasteiger partial charge is 0.493 e. The molecule has 0 bridgehead atoms. The molecular weight excluding hydrogens is 458 g/mol. The van der Waals surface area contributed by atoms with Crippen molar-refractivity contribution in [3.63, 3.8) is 0 Å². The molecule has 0 aliphatic heterocycles. The van der Waals surface area contributed by atoms with Crippen molar-refractivity contribution in [1.82, 2.24) is 24.9 Å². The summed E-state index contributed by atoms with van der Waals surface area (Å²) in [5.41, 5.74) is 0.954. The summed E-state index contributed by atoms with van der Waals surface area (Å²) in [5, 5.41) is 16.1. The number of thioether (sulfide) groups is 1. The van der Waals surface area contributed by atoms with Gasteiger partial charge in [0.2, 0.25) is 11.7 Å². The predicted molar refractivity (Wildman–Crippen MR) is 128 cm³/mol. The molecule has 3 aromatic heterocycles. The van der Waals surface area contributed by atoms with Crippen molar-refractivity contribution in [2.45, 2.75) is 49.1 Å². The van der Waals surface area contributed by atoms with Gasteiger partial charge in [-0.15, -0.1) is 21.5 Å². The molecule has 3 heterocycles. The highest BCUT2D eigenvalue weighted by Gasteiger charge is 2.25. The van der Waals surface area contributed by atoms with Crippen molar-refractivity contribution < 1.29 is 14.0 Å². The van der Waals surface area contributed by atoms with Crippen LogP contribution in [0.25, 0.3) is 22.1 Å². The molecule has 0 spiro atoms. The predicted octanol–water partition coefficient (Wildman–Crippen LogP) is 5.87. The number of aromatic nitrogens is 5. The van der Waals surface area contributed by atoms with E-state index in [1.807, 2.05) is 35.7 Å². The summed E-state index contributed by atoms with van der Waals surface area (Å²) in [5.74, 6) is 3.95. The maximum Gasteiger partial charge on any atom is 0.237 e. The molecule has 10 heteroatoms. The monoisotopic (exact) mass is 483 g/mol. The summed E-state index contributed by atoms with van der Waals surface area (Å²) < 4.78 is 18.7. The van der Waals surface area contributed by atoms with Gasteiger partial charge in [0.1, 0.15) is 0 Å². The first-order chi connectivity index (χ1) is 16.3. The van der Waals surface area contributed by atoms with E-state index in [0.29, 0.717) is 35.0 Å². The van der Waals surface area contributed by atoms with Gasteiger partial charge in [0.25, 0.3) is 0 Å². The Bertz CT molecular complexity index is 1200. The summed E-state index contributed by atoms with van der Waals surface area (Å²) >= 11 is 3.17. The van der Waals surface area contributed by atoms with E-state index in [1.54, 1.807) is 37.3 Å². The smallest absolute Gasteiger partial charge is 0.237 e. The molecule has 1 aromatic carbocycles. The summed E-state index contributed by atoms with van der Waals surface area (Å²) in [6, 6.07) is 10.2. The van der Waals surface area contributed by atoms with Gasteiger partial charge in [-0.3, -0.25) is 4.57 Å². The van der Waals surface area contributed by atoms with Gasteiger partial charge in [-0.05, 0) is 42.5 Å². The molecule has 0 radical (unpaired) electrons. The number of hydrogen-bond donors (Lipinski definition) is 0. The van der Waals surface area contributed by atoms with Crippen molar-refractivity contribution in [2.24, 2.45) is 0 Å². The van der Waals surface area contributed by atoms with Gasteiger partial charge in [0.15, 0.2) is 22.5 Å². The number of rotatable bonds is 8. The fraction of sp³-hybridized carbons (Fsp3) is 0.391. The fourth-order valence-corrected chi connectivity index (χ4v) is 5.65. The number of thiophene rings is 1. The third kappa shape index (κ3) is 4.63. The van der Waals surface area contributed by atoms with Crippen LogP contribution >= 0.6 is 23.1 Å². The summed E-state index contributed by atoms with van der Waals surface area (Å²) in [4.78, 5) is 5.54. The number of ether oxygens (including phenoxy) is 2. The minimum absolute atomic E-state index is 0.365. The Kier molecular flexibility index (Phi) is 6.63. The zero-order chi connectivity index (χ0) is 22.6. The number of hydrogen-bond acceptors (Lipinski definition) is 9. The standard InChI is InChI=1S/C23H25N5O3S2/c1-29-17-11-10-15(13-18(17)30-2)22-25-26-23(28(22)16-7-4-3-5-8-16)33-14-20-24-21(27-31-20)19-9-6-12-32-19/h6,9-13,16H,3-5,7-8,14H2,1-2H3. The first-order valence-electron chi connectivity index (χ1n) is 10.9. The zero-order valence-corrected chi connectivity index (χ0v) is 20.2. The molecule has 1 aliphatic carbocycles. The first kappa shape index (κ1) is 22.0. The van der Waals surface area contributed by atoms with Gasteiger partial charge >= 0.3 is 0 Å².